The molecule has 0 saturated heterocycles. The van der Waals surface area contributed by atoms with Gasteiger partial charge in [0.15, 0.2) is 0 Å². The van der Waals surface area contributed by atoms with Crippen LogP contribution in [-0.4, -0.2) is 37.5 Å². The van der Waals surface area contributed by atoms with Gasteiger partial charge in [-0.1, -0.05) is 11.6 Å². The molecule has 0 heterocycles. The molecule has 0 aliphatic rings. The quantitative estimate of drug-likeness (QED) is 0.790. The molecule has 0 unspecified atom stereocenters. The number of methoxy groups -OCH3 is 1. The first kappa shape index (κ1) is 14.4. The minimum atomic E-state index is -0.506. The largest absolute Gasteiger partial charge is 0.469 e. The summed E-state index contributed by atoms with van der Waals surface area (Å²) in [6, 6.07) is 3.55. The van der Waals surface area contributed by atoms with Gasteiger partial charge in [0.1, 0.15) is 5.82 Å². The van der Waals surface area contributed by atoms with Crippen LogP contribution in [0.2, 0.25) is 5.02 Å². The van der Waals surface area contributed by atoms with E-state index in [1.54, 1.807) is 0 Å². The van der Waals surface area contributed by atoms with Gasteiger partial charge in [-0.25, -0.2) is 4.39 Å². The molecule has 1 aromatic carbocycles. The molecule has 0 spiro atoms. The van der Waals surface area contributed by atoms with Crippen LogP contribution in [-0.2, 0) is 9.53 Å². The molecule has 0 aromatic heterocycles. The minimum Gasteiger partial charge on any atom is -0.469 e. The predicted molar refractivity (Wildman–Crippen MR) is 65.0 cm³/mol. The zero-order valence-electron chi connectivity index (χ0n) is 10.1. The SMILES string of the molecule is COC(=O)CCN(C)C(=O)c1ccc(F)cc1Cl. The van der Waals surface area contributed by atoms with E-state index in [-0.39, 0.29) is 29.5 Å². The summed E-state index contributed by atoms with van der Waals surface area (Å²) in [6.07, 6.45) is 0.0948. The van der Waals surface area contributed by atoms with Gasteiger partial charge in [0.05, 0.1) is 24.1 Å². The fraction of sp³-hybridized carbons (Fsp3) is 0.333. The van der Waals surface area contributed by atoms with Crippen molar-refractivity contribution in [3.8, 4) is 0 Å². The number of amides is 1. The highest BCUT2D eigenvalue weighted by molar-refractivity contribution is 6.33. The van der Waals surface area contributed by atoms with Crippen molar-refractivity contribution in [2.45, 2.75) is 6.42 Å². The van der Waals surface area contributed by atoms with Crippen LogP contribution >= 0.6 is 11.6 Å². The zero-order chi connectivity index (χ0) is 13.7. The molecule has 4 nitrogen and oxygen atoms in total. The number of carbonyl (C=O) groups excluding carboxylic acids is 2. The lowest BCUT2D eigenvalue weighted by atomic mass is 10.2. The number of hydrogen-bond donors (Lipinski definition) is 0. The van der Waals surface area contributed by atoms with Crippen molar-refractivity contribution in [3.05, 3.63) is 34.6 Å². The van der Waals surface area contributed by atoms with E-state index < -0.39 is 11.8 Å². The Morgan fingerprint density at radius 1 is 1.44 bits per heavy atom. The van der Waals surface area contributed by atoms with Crippen molar-refractivity contribution in [2.75, 3.05) is 20.7 Å². The molecule has 98 valence electrons. The second-order valence-corrected chi connectivity index (χ2v) is 4.08. The van der Waals surface area contributed by atoms with Crippen molar-refractivity contribution in [1.29, 1.82) is 0 Å². The predicted octanol–water partition coefficient (Wildman–Crippen LogP) is 2.11. The summed E-state index contributed by atoms with van der Waals surface area (Å²) in [4.78, 5) is 24.2. The molecular formula is C12H13ClFNO3. The van der Waals surface area contributed by atoms with E-state index in [0.717, 1.165) is 12.1 Å². The lowest BCUT2D eigenvalue weighted by Gasteiger charge is -2.17. The number of hydrogen-bond acceptors (Lipinski definition) is 3. The smallest absolute Gasteiger partial charge is 0.307 e. The van der Waals surface area contributed by atoms with E-state index in [0.29, 0.717) is 0 Å². The van der Waals surface area contributed by atoms with Crippen LogP contribution < -0.4 is 0 Å². The first-order valence-electron chi connectivity index (χ1n) is 5.23. The van der Waals surface area contributed by atoms with Crippen LogP contribution in [0.25, 0.3) is 0 Å². The lowest BCUT2D eigenvalue weighted by molar-refractivity contribution is -0.140. The molecule has 0 atom stereocenters. The van der Waals surface area contributed by atoms with E-state index in [1.165, 1.54) is 25.1 Å². The Morgan fingerprint density at radius 3 is 2.67 bits per heavy atom. The zero-order valence-corrected chi connectivity index (χ0v) is 10.8. The molecule has 1 rings (SSSR count). The molecule has 18 heavy (non-hydrogen) atoms. The topological polar surface area (TPSA) is 46.6 Å². The molecule has 0 aliphatic carbocycles. The first-order valence-corrected chi connectivity index (χ1v) is 5.61. The Bertz CT molecular complexity index is 465. The third-order valence-corrected chi connectivity index (χ3v) is 2.70. The van der Waals surface area contributed by atoms with Crippen LogP contribution in [0.15, 0.2) is 18.2 Å². The first-order chi connectivity index (χ1) is 8.45. The van der Waals surface area contributed by atoms with Crippen molar-refractivity contribution in [3.63, 3.8) is 0 Å². The summed E-state index contributed by atoms with van der Waals surface area (Å²) < 4.78 is 17.3. The maximum atomic E-state index is 12.8. The number of halogens is 2. The van der Waals surface area contributed by atoms with Crippen LogP contribution in [0.5, 0.6) is 0 Å². The maximum Gasteiger partial charge on any atom is 0.307 e. The van der Waals surface area contributed by atoms with E-state index >= 15 is 0 Å². The molecule has 0 fully saturated rings. The van der Waals surface area contributed by atoms with Crippen LogP contribution in [0, 0.1) is 5.82 Å². The van der Waals surface area contributed by atoms with Gasteiger partial charge < -0.3 is 9.64 Å². The van der Waals surface area contributed by atoms with E-state index in [1.807, 2.05) is 0 Å². The van der Waals surface area contributed by atoms with Crippen LogP contribution in [0.1, 0.15) is 16.8 Å². The van der Waals surface area contributed by atoms with Gasteiger partial charge in [-0.15, -0.1) is 0 Å². The Labute approximate surface area is 109 Å². The summed E-state index contributed by atoms with van der Waals surface area (Å²) in [5.41, 5.74) is 0.199. The molecule has 0 aliphatic heterocycles. The fourth-order valence-electron chi connectivity index (χ4n) is 1.33. The van der Waals surface area contributed by atoms with Crippen molar-refractivity contribution >= 4 is 23.5 Å². The van der Waals surface area contributed by atoms with Crippen molar-refractivity contribution in [1.82, 2.24) is 4.90 Å². The normalized spacial score (nSPS) is 10.0. The number of carbonyl (C=O) groups is 2. The molecule has 1 amide bonds. The number of ether oxygens (including phenoxy) is 1. The Hall–Kier alpha value is -1.62. The highest BCUT2D eigenvalue weighted by Crippen LogP contribution is 2.18. The number of nitrogens with zero attached hydrogens (tertiary/aromatic N) is 1. The molecule has 0 bridgehead atoms. The van der Waals surface area contributed by atoms with Crippen LogP contribution in [0.4, 0.5) is 4.39 Å². The fourth-order valence-corrected chi connectivity index (χ4v) is 1.58. The van der Waals surface area contributed by atoms with Gasteiger partial charge in [0.25, 0.3) is 5.91 Å². The Kier molecular flexibility index (Phi) is 5.09. The standard InChI is InChI=1S/C12H13ClFNO3/c1-15(6-5-11(16)18-2)12(17)9-4-3-8(14)7-10(9)13/h3-4,7H,5-6H2,1-2H3. The Balaban J connectivity index is 2.71. The average Bonchev–Trinajstić information content (AvgIpc) is 2.34. The van der Waals surface area contributed by atoms with Gasteiger partial charge in [0.2, 0.25) is 0 Å². The van der Waals surface area contributed by atoms with E-state index in [4.69, 9.17) is 11.6 Å². The summed E-state index contributed by atoms with van der Waals surface area (Å²) in [7, 11) is 2.81. The molecule has 0 radical (unpaired) electrons. The molecule has 0 N–H and O–H groups in total. The summed E-state index contributed by atoms with van der Waals surface area (Å²) in [6.45, 7) is 0.208. The molecule has 0 saturated carbocycles. The lowest BCUT2D eigenvalue weighted by Crippen LogP contribution is -2.29. The number of rotatable bonds is 4. The van der Waals surface area contributed by atoms with Gasteiger partial charge in [-0.2, -0.15) is 0 Å². The monoisotopic (exact) mass is 273 g/mol. The van der Waals surface area contributed by atoms with Crippen LogP contribution in [0.3, 0.4) is 0 Å². The van der Waals surface area contributed by atoms with Gasteiger partial charge >= 0.3 is 5.97 Å². The number of esters is 1. The highest BCUT2D eigenvalue weighted by atomic mass is 35.5. The second-order valence-electron chi connectivity index (χ2n) is 3.68. The Morgan fingerprint density at radius 2 is 2.11 bits per heavy atom. The molecule has 1 aromatic rings. The number of benzene rings is 1. The molecule has 6 heteroatoms. The summed E-state index contributed by atoms with van der Waals surface area (Å²) in [5.74, 6) is -1.28. The highest BCUT2D eigenvalue weighted by Gasteiger charge is 2.16. The summed E-state index contributed by atoms with van der Waals surface area (Å²) >= 11 is 5.78. The molecular weight excluding hydrogens is 261 g/mol. The third kappa shape index (κ3) is 3.70. The van der Waals surface area contributed by atoms with Gasteiger partial charge in [-0.3, -0.25) is 9.59 Å². The van der Waals surface area contributed by atoms with Crippen molar-refractivity contribution < 1.29 is 18.7 Å². The van der Waals surface area contributed by atoms with E-state index in [2.05, 4.69) is 4.74 Å². The van der Waals surface area contributed by atoms with Crippen molar-refractivity contribution in [2.24, 2.45) is 0 Å². The maximum absolute atomic E-state index is 12.8. The van der Waals surface area contributed by atoms with Gasteiger partial charge in [-0.05, 0) is 18.2 Å². The average molecular weight is 274 g/mol. The second kappa shape index (κ2) is 6.35. The minimum absolute atomic E-state index is 0.0462. The van der Waals surface area contributed by atoms with E-state index in [9.17, 15) is 14.0 Å². The summed E-state index contributed by atoms with van der Waals surface area (Å²) in [5, 5.41) is 0.0462. The van der Waals surface area contributed by atoms with Gasteiger partial charge in [0, 0.05) is 13.6 Å². The third-order valence-electron chi connectivity index (χ3n) is 2.39.